The molecule has 1 atom stereocenters. The summed E-state index contributed by atoms with van der Waals surface area (Å²) < 4.78 is 4.48. The number of aliphatic hydroxyl groups excluding tert-OH is 1. The van der Waals surface area contributed by atoms with Crippen molar-refractivity contribution in [3.63, 3.8) is 0 Å². The van der Waals surface area contributed by atoms with Gasteiger partial charge in [-0.15, -0.1) is 0 Å². The molecule has 0 bridgehead atoms. The zero-order valence-electron chi connectivity index (χ0n) is 9.49. The van der Waals surface area contributed by atoms with Crippen LogP contribution in [0.3, 0.4) is 0 Å². The maximum absolute atomic E-state index is 11.2. The SMILES string of the molecule is CCC(=O)CC[C@@H](NC(=O)CO)C(=O)OC. The van der Waals surface area contributed by atoms with E-state index in [9.17, 15) is 14.4 Å². The molecule has 0 spiro atoms. The molecule has 16 heavy (non-hydrogen) atoms. The molecular formula is C10H17NO5. The number of ketones is 1. The fourth-order valence-corrected chi connectivity index (χ4v) is 1.11. The molecule has 92 valence electrons. The number of hydrogen-bond acceptors (Lipinski definition) is 5. The van der Waals surface area contributed by atoms with Crippen LogP contribution in [0.15, 0.2) is 0 Å². The number of ether oxygens (including phenoxy) is 1. The molecule has 0 aliphatic heterocycles. The van der Waals surface area contributed by atoms with Crippen LogP contribution in [0.5, 0.6) is 0 Å². The first-order valence-corrected chi connectivity index (χ1v) is 5.04. The van der Waals surface area contributed by atoms with E-state index in [1.807, 2.05) is 0 Å². The van der Waals surface area contributed by atoms with E-state index in [0.29, 0.717) is 6.42 Å². The molecule has 0 aromatic heterocycles. The second-order valence-electron chi connectivity index (χ2n) is 3.23. The van der Waals surface area contributed by atoms with E-state index in [1.165, 1.54) is 7.11 Å². The van der Waals surface area contributed by atoms with E-state index in [2.05, 4.69) is 10.1 Å². The Hall–Kier alpha value is -1.43. The number of aliphatic hydroxyl groups is 1. The predicted molar refractivity (Wildman–Crippen MR) is 55.6 cm³/mol. The summed E-state index contributed by atoms with van der Waals surface area (Å²) in [5.41, 5.74) is 0. The van der Waals surface area contributed by atoms with Gasteiger partial charge < -0.3 is 15.2 Å². The molecule has 0 aromatic rings. The Bertz CT molecular complexity index is 264. The summed E-state index contributed by atoms with van der Waals surface area (Å²) in [5, 5.41) is 10.8. The molecule has 0 radical (unpaired) electrons. The van der Waals surface area contributed by atoms with Crippen LogP contribution in [-0.2, 0) is 19.1 Å². The van der Waals surface area contributed by atoms with Crippen LogP contribution in [0.4, 0.5) is 0 Å². The van der Waals surface area contributed by atoms with Crippen LogP contribution in [-0.4, -0.2) is 42.5 Å². The minimum atomic E-state index is -0.875. The maximum atomic E-state index is 11.2. The Morgan fingerprint density at radius 3 is 2.44 bits per heavy atom. The van der Waals surface area contributed by atoms with Gasteiger partial charge in [-0.3, -0.25) is 9.59 Å². The highest BCUT2D eigenvalue weighted by Gasteiger charge is 2.21. The number of rotatable bonds is 7. The topological polar surface area (TPSA) is 92.7 Å². The van der Waals surface area contributed by atoms with Crippen molar-refractivity contribution in [1.82, 2.24) is 5.32 Å². The predicted octanol–water partition coefficient (Wildman–Crippen LogP) is -0.604. The van der Waals surface area contributed by atoms with Crippen LogP contribution < -0.4 is 5.32 Å². The van der Waals surface area contributed by atoms with Gasteiger partial charge in [0, 0.05) is 12.8 Å². The molecular weight excluding hydrogens is 214 g/mol. The monoisotopic (exact) mass is 231 g/mol. The number of methoxy groups -OCH3 is 1. The maximum Gasteiger partial charge on any atom is 0.328 e. The number of carbonyl (C=O) groups is 3. The molecule has 6 heteroatoms. The lowest BCUT2D eigenvalue weighted by Gasteiger charge is -2.15. The van der Waals surface area contributed by atoms with E-state index in [0.717, 1.165) is 0 Å². The van der Waals surface area contributed by atoms with Crippen LogP contribution in [0, 0.1) is 0 Å². The first kappa shape index (κ1) is 14.6. The fraction of sp³-hybridized carbons (Fsp3) is 0.700. The third-order valence-corrected chi connectivity index (χ3v) is 2.07. The van der Waals surface area contributed by atoms with Gasteiger partial charge in [0.2, 0.25) is 5.91 Å². The quantitative estimate of drug-likeness (QED) is 0.570. The van der Waals surface area contributed by atoms with Crippen molar-refractivity contribution < 1.29 is 24.2 Å². The van der Waals surface area contributed by atoms with Crippen LogP contribution in [0.25, 0.3) is 0 Å². The zero-order chi connectivity index (χ0) is 12.6. The average Bonchev–Trinajstić information content (AvgIpc) is 2.32. The van der Waals surface area contributed by atoms with Crippen molar-refractivity contribution in [3.05, 3.63) is 0 Å². The number of esters is 1. The van der Waals surface area contributed by atoms with E-state index in [-0.39, 0.29) is 18.6 Å². The summed E-state index contributed by atoms with van der Waals surface area (Å²) in [7, 11) is 1.20. The largest absolute Gasteiger partial charge is 0.467 e. The highest BCUT2D eigenvalue weighted by molar-refractivity contribution is 5.85. The van der Waals surface area contributed by atoms with Crippen molar-refractivity contribution in [2.45, 2.75) is 32.2 Å². The average molecular weight is 231 g/mol. The molecule has 0 aromatic carbocycles. The van der Waals surface area contributed by atoms with Gasteiger partial charge in [0.15, 0.2) is 0 Å². The normalized spacial score (nSPS) is 11.7. The summed E-state index contributed by atoms with van der Waals surface area (Å²) in [5.74, 6) is -1.28. The zero-order valence-corrected chi connectivity index (χ0v) is 9.49. The molecule has 0 unspecified atom stereocenters. The highest BCUT2D eigenvalue weighted by atomic mass is 16.5. The van der Waals surface area contributed by atoms with Gasteiger partial charge in [-0.1, -0.05) is 6.92 Å². The second kappa shape index (κ2) is 7.81. The Morgan fingerprint density at radius 2 is 2.00 bits per heavy atom. The first-order valence-electron chi connectivity index (χ1n) is 5.04. The summed E-state index contributed by atoms with van der Waals surface area (Å²) in [6, 6.07) is -0.875. The van der Waals surface area contributed by atoms with Gasteiger partial charge >= 0.3 is 5.97 Å². The molecule has 2 N–H and O–H groups in total. The van der Waals surface area contributed by atoms with E-state index < -0.39 is 24.5 Å². The van der Waals surface area contributed by atoms with Crippen LogP contribution in [0.2, 0.25) is 0 Å². The number of carbonyl (C=O) groups excluding carboxylic acids is 3. The number of Topliss-reactive ketones (excluding diaryl/α,β-unsaturated/α-hetero) is 1. The molecule has 1 amide bonds. The standard InChI is InChI=1S/C10H17NO5/c1-3-7(13)4-5-8(10(15)16-2)11-9(14)6-12/h8,12H,3-6H2,1-2H3,(H,11,14)/t8-/m1/s1. The van der Waals surface area contributed by atoms with Crippen molar-refractivity contribution in [2.75, 3.05) is 13.7 Å². The van der Waals surface area contributed by atoms with Gasteiger partial charge in [-0.25, -0.2) is 4.79 Å². The molecule has 0 aliphatic rings. The van der Waals surface area contributed by atoms with Gasteiger partial charge in [-0.2, -0.15) is 0 Å². The lowest BCUT2D eigenvalue weighted by molar-refractivity contribution is -0.145. The third kappa shape index (κ3) is 5.45. The molecule has 0 saturated heterocycles. The smallest absolute Gasteiger partial charge is 0.328 e. The van der Waals surface area contributed by atoms with Crippen LogP contribution in [0.1, 0.15) is 26.2 Å². The van der Waals surface area contributed by atoms with Gasteiger partial charge in [0.1, 0.15) is 18.4 Å². The highest BCUT2D eigenvalue weighted by Crippen LogP contribution is 2.02. The van der Waals surface area contributed by atoms with E-state index in [4.69, 9.17) is 5.11 Å². The Morgan fingerprint density at radius 1 is 1.38 bits per heavy atom. The van der Waals surface area contributed by atoms with E-state index in [1.54, 1.807) is 6.92 Å². The minimum absolute atomic E-state index is 0.00662. The van der Waals surface area contributed by atoms with E-state index >= 15 is 0 Å². The Labute approximate surface area is 94.0 Å². The summed E-state index contributed by atoms with van der Waals surface area (Å²) in [4.78, 5) is 33.2. The molecule has 0 heterocycles. The van der Waals surface area contributed by atoms with Gasteiger partial charge in [-0.05, 0) is 6.42 Å². The number of hydrogen-bond donors (Lipinski definition) is 2. The molecule has 0 aliphatic carbocycles. The number of amides is 1. The van der Waals surface area contributed by atoms with Crippen molar-refractivity contribution in [1.29, 1.82) is 0 Å². The summed E-state index contributed by atoms with van der Waals surface area (Å²) in [6.07, 6.45) is 0.773. The summed E-state index contributed by atoms with van der Waals surface area (Å²) in [6.45, 7) is 1.02. The first-order chi connectivity index (χ1) is 7.54. The van der Waals surface area contributed by atoms with Crippen molar-refractivity contribution in [2.24, 2.45) is 0 Å². The second-order valence-corrected chi connectivity index (χ2v) is 3.23. The molecule has 6 nitrogen and oxygen atoms in total. The third-order valence-electron chi connectivity index (χ3n) is 2.07. The molecule has 0 fully saturated rings. The van der Waals surface area contributed by atoms with Crippen molar-refractivity contribution >= 4 is 17.7 Å². The van der Waals surface area contributed by atoms with Gasteiger partial charge in [0.05, 0.1) is 7.11 Å². The molecule has 0 saturated carbocycles. The van der Waals surface area contributed by atoms with Crippen LogP contribution >= 0.6 is 0 Å². The lowest BCUT2D eigenvalue weighted by atomic mass is 10.1. The number of nitrogens with one attached hydrogen (secondary N) is 1. The summed E-state index contributed by atoms with van der Waals surface area (Å²) >= 11 is 0. The fourth-order valence-electron chi connectivity index (χ4n) is 1.11. The lowest BCUT2D eigenvalue weighted by Crippen LogP contribution is -2.43. The molecule has 0 rings (SSSR count). The Kier molecular flexibility index (Phi) is 7.11. The van der Waals surface area contributed by atoms with Crippen molar-refractivity contribution in [3.8, 4) is 0 Å². The van der Waals surface area contributed by atoms with Gasteiger partial charge in [0.25, 0.3) is 0 Å². The Balaban J connectivity index is 4.26. The minimum Gasteiger partial charge on any atom is -0.467 e.